The summed E-state index contributed by atoms with van der Waals surface area (Å²) in [6.45, 7) is 7.74. The van der Waals surface area contributed by atoms with Crippen molar-refractivity contribution >= 4 is 34.9 Å². The highest BCUT2D eigenvalue weighted by molar-refractivity contribution is 6.25. The number of aliphatic hydroxyl groups is 2. The van der Waals surface area contributed by atoms with Gasteiger partial charge in [0.2, 0.25) is 0 Å². The molecular weight excluding hydrogens is 492 g/mol. The topological polar surface area (TPSA) is 174 Å². The Labute approximate surface area is 223 Å². The molecule has 0 unspecified atom stereocenters. The molecule has 10 nitrogen and oxygen atoms in total. The molecular formula is C28H40N2O8. The van der Waals surface area contributed by atoms with Crippen LogP contribution in [0.2, 0.25) is 0 Å². The minimum atomic E-state index is -0.991. The molecule has 0 bridgehead atoms. The number of aliphatic carboxylic acids is 2. The number of carboxylic acid groups (broad SMARTS) is 2. The van der Waals surface area contributed by atoms with Gasteiger partial charge in [0.15, 0.2) is 11.6 Å². The van der Waals surface area contributed by atoms with E-state index in [0.717, 1.165) is 0 Å². The molecule has 0 heterocycles. The third kappa shape index (κ3) is 9.22. The maximum atomic E-state index is 12.8. The Morgan fingerprint density at radius 2 is 0.974 bits per heavy atom. The van der Waals surface area contributed by atoms with Crippen LogP contribution in [0.5, 0.6) is 0 Å². The lowest BCUT2D eigenvalue weighted by Crippen LogP contribution is -2.33. The fraction of sp³-hybridized carbons (Fsp3) is 0.643. The van der Waals surface area contributed by atoms with Crippen LogP contribution in [0.3, 0.4) is 0 Å². The molecule has 2 rings (SSSR count). The molecule has 0 aromatic carbocycles. The molecule has 2 saturated carbocycles. The maximum Gasteiger partial charge on any atom is 0.305 e. The largest absolute Gasteiger partial charge is 0.511 e. The number of hydrogen-bond acceptors (Lipinski definition) is 8. The molecule has 0 aromatic heterocycles. The second-order valence-corrected chi connectivity index (χ2v) is 11.7. The van der Waals surface area contributed by atoms with Gasteiger partial charge in [-0.15, -0.1) is 0 Å². The molecule has 10 heteroatoms. The van der Waals surface area contributed by atoms with Crippen LogP contribution in [-0.2, 0) is 19.2 Å². The van der Waals surface area contributed by atoms with Crippen molar-refractivity contribution in [1.82, 2.24) is 0 Å². The first-order valence-corrected chi connectivity index (χ1v) is 13.0. The molecule has 0 saturated heterocycles. The summed E-state index contributed by atoms with van der Waals surface area (Å²) in [4.78, 5) is 56.0. The molecule has 0 aliphatic heterocycles. The Balaban J connectivity index is 2.13. The lowest BCUT2D eigenvalue weighted by Gasteiger charge is -2.31. The van der Waals surface area contributed by atoms with Crippen molar-refractivity contribution in [1.29, 1.82) is 0 Å². The molecule has 0 atom stereocenters. The summed E-state index contributed by atoms with van der Waals surface area (Å²) in [5, 5.41) is 39.3. The summed E-state index contributed by atoms with van der Waals surface area (Å²) >= 11 is 0. The highest BCUT2D eigenvalue weighted by Crippen LogP contribution is 2.37. The Morgan fingerprint density at radius 3 is 1.29 bits per heavy atom. The third-order valence-electron chi connectivity index (χ3n) is 6.62. The van der Waals surface area contributed by atoms with Gasteiger partial charge in [0, 0.05) is 50.2 Å². The predicted octanol–water partition coefficient (Wildman–Crippen LogP) is 4.78. The average Bonchev–Trinajstić information content (AvgIpc) is 2.73. The highest BCUT2D eigenvalue weighted by atomic mass is 16.4. The van der Waals surface area contributed by atoms with Crippen molar-refractivity contribution < 1.29 is 39.6 Å². The van der Waals surface area contributed by atoms with Crippen molar-refractivity contribution in [3.05, 3.63) is 22.7 Å². The van der Waals surface area contributed by atoms with E-state index in [9.17, 15) is 29.4 Å². The van der Waals surface area contributed by atoms with Crippen LogP contribution >= 0.6 is 0 Å². The van der Waals surface area contributed by atoms with Crippen molar-refractivity contribution in [3.63, 3.8) is 0 Å². The van der Waals surface area contributed by atoms with Gasteiger partial charge in [-0.25, -0.2) is 0 Å². The number of carboxylic acids is 2. The van der Waals surface area contributed by atoms with Gasteiger partial charge in [0.1, 0.15) is 11.5 Å². The molecule has 38 heavy (non-hydrogen) atoms. The van der Waals surface area contributed by atoms with E-state index < -0.39 is 11.9 Å². The summed E-state index contributed by atoms with van der Waals surface area (Å²) in [6.07, 6.45) is 2.26. The maximum absolute atomic E-state index is 12.8. The molecule has 2 fully saturated rings. The van der Waals surface area contributed by atoms with Gasteiger partial charge in [0.25, 0.3) is 0 Å². The zero-order valence-corrected chi connectivity index (χ0v) is 22.8. The molecule has 210 valence electrons. The summed E-state index contributed by atoms with van der Waals surface area (Å²) in [5.74, 6) is -2.63. The van der Waals surface area contributed by atoms with Gasteiger partial charge in [-0.2, -0.15) is 0 Å². The first kappa shape index (κ1) is 30.9. The number of hydrogen-bond donors (Lipinski definition) is 4. The second-order valence-electron chi connectivity index (χ2n) is 11.7. The van der Waals surface area contributed by atoms with E-state index in [2.05, 4.69) is 9.98 Å². The number of nitrogens with zero attached hydrogens (tertiary/aromatic N) is 2. The standard InChI is InChI=1S/C28H40N2O8/c1-27(2)13-17(29-11-9-23(35)36)25(21(33)15-27)19(31)7-5-6-8-20(32)26-18(30-12-10-24(37)38)14-28(3,4)16-22(26)34/h31-32H,5-16H2,1-4H3,(H,35,36)(H,37,38). The van der Waals surface area contributed by atoms with E-state index in [4.69, 9.17) is 10.2 Å². The Bertz CT molecular complexity index is 1010. The normalized spacial score (nSPS) is 24.0. The highest BCUT2D eigenvalue weighted by Gasteiger charge is 2.37. The third-order valence-corrected chi connectivity index (χ3v) is 6.62. The number of ketones is 2. The van der Waals surface area contributed by atoms with Crippen molar-refractivity contribution in [2.75, 3.05) is 13.1 Å². The number of rotatable bonds is 11. The number of allylic oxidation sites excluding steroid dienone is 4. The van der Waals surface area contributed by atoms with Crippen LogP contribution in [0.15, 0.2) is 32.6 Å². The summed E-state index contributed by atoms with van der Waals surface area (Å²) in [7, 11) is 0. The Kier molecular flexibility index (Phi) is 10.6. The average molecular weight is 533 g/mol. The van der Waals surface area contributed by atoms with Gasteiger partial charge in [-0.1, -0.05) is 27.7 Å². The minimum Gasteiger partial charge on any atom is -0.511 e. The van der Waals surface area contributed by atoms with Gasteiger partial charge in [0.05, 0.1) is 24.0 Å². The smallest absolute Gasteiger partial charge is 0.305 e. The Morgan fingerprint density at radius 1 is 0.632 bits per heavy atom. The van der Waals surface area contributed by atoms with Gasteiger partial charge < -0.3 is 20.4 Å². The van der Waals surface area contributed by atoms with Crippen LogP contribution in [0.1, 0.15) is 91.9 Å². The number of carbonyl (C=O) groups is 4. The number of aliphatic hydroxyl groups excluding tert-OH is 2. The molecule has 0 amide bonds. The number of aliphatic imine (C=N–C) groups is 2. The summed E-state index contributed by atoms with van der Waals surface area (Å²) in [5.41, 5.74) is 0.488. The van der Waals surface area contributed by atoms with Crippen LogP contribution in [0, 0.1) is 10.8 Å². The minimum absolute atomic E-state index is 0.0213. The van der Waals surface area contributed by atoms with Crippen LogP contribution < -0.4 is 0 Å². The number of Topliss-reactive ketones (excluding diaryl/α,β-unsaturated/α-hetero) is 2. The van der Waals surface area contributed by atoms with E-state index >= 15 is 0 Å². The summed E-state index contributed by atoms with van der Waals surface area (Å²) < 4.78 is 0. The van der Waals surface area contributed by atoms with Crippen LogP contribution in [0.4, 0.5) is 0 Å². The fourth-order valence-corrected chi connectivity index (χ4v) is 4.91. The van der Waals surface area contributed by atoms with Crippen molar-refractivity contribution in [2.45, 2.75) is 91.9 Å². The number of carbonyl (C=O) groups excluding carboxylic acids is 2. The lowest BCUT2D eigenvalue weighted by atomic mass is 9.73. The number of unbranched alkanes of at least 4 members (excludes halogenated alkanes) is 1. The molecule has 0 aromatic rings. The SMILES string of the molecule is CC1(C)CC(=O)C(=C(O)CCCCC(O)=C2C(=O)CC(C)(C)CC2=NCCC(=O)O)C(=NCCC(=O)O)C1. The zero-order chi connectivity index (χ0) is 28.7. The molecule has 4 N–H and O–H groups in total. The zero-order valence-electron chi connectivity index (χ0n) is 22.8. The quantitative estimate of drug-likeness (QED) is 0.167. The van der Waals surface area contributed by atoms with E-state index in [1.165, 1.54) is 0 Å². The van der Waals surface area contributed by atoms with E-state index in [-0.39, 0.29) is 96.7 Å². The molecule has 0 radical (unpaired) electrons. The van der Waals surface area contributed by atoms with Gasteiger partial charge in [-0.05, 0) is 36.5 Å². The van der Waals surface area contributed by atoms with Crippen molar-refractivity contribution in [2.24, 2.45) is 20.8 Å². The first-order chi connectivity index (χ1) is 17.6. The molecule has 0 spiro atoms. The van der Waals surface area contributed by atoms with Crippen LogP contribution in [-0.4, -0.2) is 68.4 Å². The second kappa shape index (κ2) is 13.0. The van der Waals surface area contributed by atoms with Crippen LogP contribution in [0.25, 0.3) is 0 Å². The lowest BCUT2D eigenvalue weighted by molar-refractivity contribution is -0.137. The van der Waals surface area contributed by atoms with E-state index in [1.807, 2.05) is 27.7 Å². The van der Waals surface area contributed by atoms with Crippen molar-refractivity contribution in [3.8, 4) is 0 Å². The fourth-order valence-electron chi connectivity index (χ4n) is 4.91. The molecule has 2 aliphatic rings. The van der Waals surface area contributed by atoms with E-state index in [1.54, 1.807) is 0 Å². The summed E-state index contributed by atoms with van der Waals surface area (Å²) in [6, 6.07) is 0. The Hall–Kier alpha value is -3.30. The van der Waals surface area contributed by atoms with Gasteiger partial charge in [-0.3, -0.25) is 29.2 Å². The predicted molar refractivity (Wildman–Crippen MR) is 143 cm³/mol. The molecule has 2 aliphatic carbocycles. The first-order valence-electron chi connectivity index (χ1n) is 13.0. The van der Waals surface area contributed by atoms with E-state index in [0.29, 0.717) is 37.1 Å². The monoisotopic (exact) mass is 532 g/mol. The van der Waals surface area contributed by atoms with Gasteiger partial charge >= 0.3 is 11.9 Å².